The highest BCUT2D eigenvalue weighted by Crippen LogP contribution is 2.33. The van der Waals surface area contributed by atoms with Crippen LogP contribution in [0.5, 0.6) is 0 Å². The number of hydrogen-bond acceptors (Lipinski definition) is 3. The molecule has 1 N–H and O–H groups in total. The van der Waals surface area contributed by atoms with Gasteiger partial charge in [-0.15, -0.1) is 0 Å². The van der Waals surface area contributed by atoms with E-state index < -0.39 is 6.10 Å². The Kier molecular flexibility index (Phi) is 4.41. The second-order valence-electron chi connectivity index (χ2n) is 6.45. The number of carbonyl (C=O) groups is 1. The largest absolute Gasteiger partial charge is 0.391 e. The van der Waals surface area contributed by atoms with Crippen LogP contribution in [0.25, 0.3) is 0 Å². The Morgan fingerprint density at radius 2 is 2.00 bits per heavy atom. The lowest BCUT2D eigenvalue weighted by Crippen LogP contribution is -2.33. The molecule has 0 bridgehead atoms. The Labute approximate surface area is 140 Å². The zero-order chi connectivity index (χ0) is 17.4. The van der Waals surface area contributed by atoms with Gasteiger partial charge < -0.3 is 10.0 Å². The molecule has 1 amide bonds. The summed E-state index contributed by atoms with van der Waals surface area (Å²) in [7, 11) is 1.86. The van der Waals surface area contributed by atoms with Crippen LogP contribution in [0.4, 0.5) is 4.39 Å². The summed E-state index contributed by atoms with van der Waals surface area (Å²) in [6, 6.07) is 5.92. The summed E-state index contributed by atoms with van der Waals surface area (Å²) in [4.78, 5) is 14.5. The number of rotatable bonds is 3. The quantitative estimate of drug-likeness (QED) is 0.936. The second-order valence-corrected chi connectivity index (χ2v) is 6.45. The standard InChI is InChI=1S/C18H22FN3O2/c1-11-16(12(2)21(3)20-11)9-18(24)22-10-15(23)8-17(22)13-4-6-14(19)7-5-13/h4-7,15,17,23H,8-10H2,1-3H3/t15-,17-/m0/s1. The first kappa shape index (κ1) is 16.6. The van der Waals surface area contributed by atoms with Gasteiger partial charge in [-0.2, -0.15) is 5.10 Å². The van der Waals surface area contributed by atoms with Gasteiger partial charge in [0.05, 0.1) is 24.3 Å². The van der Waals surface area contributed by atoms with Crippen molar-refractivity contribution in [1.29, 1.82) is 0 Å². The van der Waals surface area contributed by atoms with E-state index in [-0.39, 0.29) is 24.2 Å². The Balaban J connectivity index is 1.83. The number of aliphatic hydroxyl groups excluding tert-OH is 1. The summed E-state index contributed by atoms with van der Waals surface area (Å²) >= 11 is 0. The number of aromatic nitrogens is 2. The molecule has 1 aromatic carbocycles. The SMILES string of the molecule is Cc1nn(C)c(C)c1CC(=O)N1C[C@@H](O)C[C@H]1c1ccc(F)cc1. The lowest BCUT2D eigenvalue weighted by molar-refractivity contribution is -0.131. The number of likely N-dealkylation sites (tertiary alicyclic amines) is 1. The molecule has 2 atom stereocenters. The molecule has 2 heterocycles. The zero-order valence-electron chi connectivity index (χ0n) is 14.2. The van der Waals surface area contributed by atoms with E-state index in [1.165, 1.54) is 12.1 Å². The third-order valence-corrected chi connectivity index (χ3v) is 4.84. The minimum atomic E-state index is -0.555. The number of hydrogen-bond donors (Lipinski definition) is 1. The molecule has 1 aliphatic heterocycles. The third kappa shape index (κ3) is 3.06. The van der Waals surface area contributed by atoms with E-state index in [0.717, 1.165) is 22.5 Å². The highest BCUT2D eigenvalue weighted by molar-refractivity contribution is 5.80. The molecule has 0 aliphatic carbocycles. The maximum Gasteiger partial charge on any atom is 0.227 e. The first-order valence-corrected chi connectivity index (χ1v) is 8.09. The van der Waals surface area contributed by atoms with Gasteiger partial charge in [0.25, 0.3) is 0 Å². The Hall–Kier alpha value is -2.21. The maximum atomic E-state index is 13.1. The van der Waals surface area contributed by atoms with Crippen molar-refractivity contribution in [2.45, 2.75) is 38.8 Å². The number of aryl methyl sites for hydroxylation is 2. The third-order valence-electron chi connectivity index (χ3n) is 4.84. The highest BCUT2D eigenvalue weighted by atomic mass is 19.1. The predicted molar refractivity (Wildman–Crippen MR) is 87.9 cm³/mol. The normalized spacial score (nSPS) is 20.6. The fourth-order valence-corrected chi connectivity index (χ4v) is 3.42. The van der Waals surface area contributed by atoms with Crippen LogP contribution >= 0.6 is 0 Å². The Morgan fingerprint density at radius 3 is 2.58 bits per heavy atom. The van der Waals surface area contributed by atoms with Gasteiger partial charge in [0.2, 0.25) is 5.91 Å². The smallest absolute Gasteiger partial charge is 0.227 e. The summed E-state index contributed by atoms with van der Waals surface area (Å²) in [5, 5.41) is 14.4. The lowest BCUT2D eigenvalue weighted by atomic mass is 10.0. The highest BCUT2D eigenvalue weighted by Gasteiger charge is 2.35. The van der Waals surface area contributed by atoms with Crippen LogP contribution in [0.2, 0.25) is 0 Å². The number of nitrogens with zero attached hydrogens (tertiary/aromatic N) is 3. The van der Waals surface area contributed by atoms with Crippen LogP contribution in [-0.4, -0.2) is 38.3 Å². The fraction of sp³-hybridized carbons (Fsp3) is 0.444. The summed E-state index contributed by atoms with van der Waals surface area (Å²) in [5.41, 5.74) is 3.60. The number of halogens is 1. The second kappa shape index (κ2) is 6.36. The van der Waals surface area contributed by atoms with Crippen LogP contribution in [0.1, 0.15) is 35.0 Å². The van der Waals surface area contributed by atoms with Gasteiger partial charge in [0.15, 0.2) is 0 Å². The summed E-state index contributed by atoms with van der Waals surface area (Å²) in [6.07, 6.45) is 0.179. The van der Waals surface area contributed by atoms with Crippen LogP contribution < -0.4 is 0 Å². The number of carbonyl (C=O) groups excluding carboxylic acids is 1. The first-order chi connectivity index (χ1) is 11.4. The number of aliphatic hydroxyl groups is 1. The fourth-order valence-electron chi connectivity index (χ4n) is 3.42. The molecule has 1 aromatic heterocycles. The zero-order valence-corrected chi connectivity index (χ0v) is 14.2. The monoisotopic (exact) mass is 331 g/mol. The molecule has 1 saturated heterocycles. The molecule has 2 aromatic rings. The number of amides is 1. The van der Waals surface area contributed by atoms with E-state index in [2.05, 4.69) is 5.10 Å². The molecule has 6 heteroatoms. The van der Waals surface area contributed by atoms with E-state index in [0.29, 0.717) is 13.0 Å². The number of β-amino-alcohol motifs (C(OH)–C–C–N with tert-alkyl or cyclic N) is 1. The number of benzene rings is 1. The minimum absolute atomic E-state index is 0.0416. The van der Waals surface area contributed by atoms with Gasteiger partial charge in [-0.3, -0.25) is 9.48 Å². The van der Waals surface area contributed by atoms with Gasteiger partial charge in [0.1, 0.15) is 5.82 Å². The van der Waals surface area contributed by atoms with Crippen LogP contribution in [-0.2, 0) is 18.3 Å². The summed E-state index contributed by atoms with van der Waals surface area (Å²) in [5.74, 6) is -0.350. The maximum absolute atomic E-state index is 13.1. The molecule has 1 fully saturated rings. The topological polar surface area (TPSA) is 58.4 Å². The molecule has 128 valence electrons. The van der Waals surface area contributed by atoms with Gasteiger partial charge in [0, 0.05) is 24.8 Å². The van der Waals surface area contributed by atoms with Crippen molar-refractivity contribution >= 4 is 5.91 Å². The van der Waals surface area contributed by atoms with Crippen LogP contribution in [0, 0.1) is 19.7 Å². The van der Waals surface area contributed by atoms with Gasteiger partial charge >= 0.3 is 0 Å². The molecule has 1 aliphatic rings. The van der Waals surface area contributed by atoms with Crippen molar-refractivity contribution in [2.75, 3.05) is 6.54 Å². The van der Waals surface area contributed by atoms with E-state index in [1.807, 2.05) is 20.9 Å². The molecular formula is C18H22FN3O2. The average molecular weight is 331 g/mol. The van der Waals surface area contributed by atoms with Gasteiger partial charge in [-0.25, -0.2) is 4.39 Å². The van der Waals surface area contributed by atoms with E-state index >= 15 is 0 Å². The average Bonchev–Trinajstić information content (AvgIpc) is 3.03. The minimum Gasteiger partial charge on any atom is -0.391 e. The summed E-state index contributed by atoms with van der Waals surface area (Å²) in [6.45, 7) is 4.14. The van der Waals surface area contributed by atoms with E-state index in [4.69, 9.17) is 0 Å². The molecule has 0 spiro atoms. The van der Waals surface area contributed by atoms with E-state index in [1.54, 1.807) is 21.7 Å². The molecule has 3 rings (SSSR count). The van der Waals surface area contributed by atoms with Crippen molar-refractivity contribution in [3.8, 4) is 0 Å². The van der Waals surface area contributed by atoms with Crippen molar-refractivity contribution in [2.24, 2.45) is 7.05 Å². The first-order valence-electron chi connectivity index (χ1n) is 8.09. The Morgan fingerprint density at radius 1 is 1.33 bits per heavy atom. The molecule has 24 heavy (non-hydrogen) atoms. The molecule has 0 saturated carbocycles. The van der Waals surface area contributed by atoms with Gasteiger partial charge in [-0.1, -0.05) is 12.1 Å². The van der Waals surface area contributed by atoms with Crippen molar-refractivity contribution < 1.29 is 14.3 Å². The molecule has 0 unspecified atom stereocenters. The van der Waals surface area contributed by atoms with Gasteiger partial charge in [-0.05, 0) is 38.0 Å². The van der Waals surface area contributed by atoms with Crippen LogP contribution in [0.15, 0.2) is 24.3 Å². The lowest BCUT2D eigenvalue weighted by Gasteiger charge is -2.25. The van der Waals surface area contributed by atoms with Crippen molar-refractivity contribution in [3.05, 3.63) is 52.6 Å². The van der Waals surface area contributed by atoms with E-state index in [9.17, 15) is 14.3 Å². The van der Waals surface area contributed by atoms with Crippen LogP contribution in [0.3, 0.4) is 0 Å². The van der Waals surface area contributed by atoms with Crippen molar-refractivity contribution in [1.82, 2.24) is 14.7 Å². The molecule has 0 radical (unpaired) electrons. The predicted octanol–water partition coefficient (Wildman–Crippen LogP) is 2.05. The summed E-state index contributed by atoms with van der Waals surface area (Å²) < 4.78 is 14.9. The Bertz CT molecular complexity index is 754. The molecule has 5 nitrogen and oxygen atoms in total. The molecular weight excluding hydrogens is 309 g/mol. The van der Waals surface area contributed by atoms with Crippen molar-refractivity contribution in [3.63, 3.8) is 0 Å².